The highest BCUT2D eigenvalue weighted by Crippen LogP contribution is 2.33. The maximum Gasteiger partial charge on any atom is 0.264 e. The summed E-state index contributed by atoms with van der Waals surface area (Å²) >= 11 is 6.15. The van der Waals surface area contributed by atoms with Gasteiger partial charge in [-0.2, -0.15) is 0 Å². The molecule has 0 saturated heterocycles. The third-order valence-electron chi connectivity index (χ3n) is 4.70. The fraction of sp³-hybridized carbons (Fsp3) is 0.174. The van der Waals surface area contributed by atoms with Crippen LogP contribution >= 0.6 is 11.6 Å². The topological polar surface area (TPSA) is 84.9 Å². The van der Waals surface area contributed by atoms with Gasteiger partial charge in [0.15, 0.2) is 5.75 Å². The van der Waals surface area contributed by atoms with Gasteiger partial charge in [0.1, 0.15) is 5.75 Å². The van der Waals surface area contributed by atoms with Crippen molar-refractivity contribution in [3.05, 3.63) is 77.3 Å². The minimum Gasteiger partial charge on any atom is -0.495 e. The van der Waals surface area contributed by atoms with E-state index in [1.807, 2.05) is 6.92 Å². The van der Waals surface area contributed by atoms with E-state index < -0.39 is 15.9 Å². The van der Waals surface area contributed by atoms with E-state index in [1.54, 1.807) is 42.5 Å². The second-order valence-electron chi connectivity index (χ2n) is 6.67. The molecule has 3 aromatic carbocycles. The lowest BCUT2D eigenvalue weighted by molar-refractivity contribution is 0.102. The predicted octanol–water partition coefficient (Wildman–Crippen LogP) is 4.82. The van der Waals surface area contributed by atoms with Crippen molar-refractivity contribution in [2.24, 2.45) is 0 Å². The molecule has 1 amide bonds. The molecule has 3 aromatic rings. The number of nitrogens with zero attached hydrogens (tertiary/aromatic N) is 1. The Bertz CT molecular complexity index is 1210. The summed E-state index contributed by atoms with van der Waals surface area (Å²) in [6.07, 6.45) is 0. The Morgan fingerprint density at radius 1 is 1.03 bits per heavy atom. The zero-order valence-electron chi connectivity index (χ0n) is 17.8. The summed E-state index contributed by atoms with van der Waals surface area (Å²) in [6, 6.07) is 17.5. The van der Waals surface area contributed by atoms with E-state index in [2.05, 4.69) is 5.32 Å². The quantitative estimate of drug-likeness (QED) is 0.505. The number of halogens is 1. The first-order valence-corrected chi connectivity index (χ1v) is 11.6. The highest BCUT2D eigenvalue weighted by molar-refractivity contribution is 7.92. The third-order valence-corrected chi connectivity index (χ3v) is 6.79. The number of benzene rings is 3. The molecule has 0 aromatic heterocycles. The second kappa shape index (κ2) is 9.93. The lowest BCUT2D eigenvalue weighted by Gasteiger charge is -2.21. The van der Waals surface area contributed by atoms with Gasteiger partial charge in [0.05, 0.1) is 35.0 Å². The summed E-state index contributed by atoms with van der Waals surface area (Å²) < 4.78 is 38.0. The normalized spacial score (nSPS) is 11.0. The number of ether oxygens (including phenoxy) is 2. The van der Waals surface area contributed by atoms with E-state index in [9.17, 15) is 13.2 Å². The van der Waals surface area contributed by atoms with Crippen molar-refractivity contribution in [2.45, 2.75) is 11.8 Å². The van der Waals surface area contributed by atoms with Crippen LogP contribution in [0.3, 0.4) is 0 Å². The number of para-hydroxylation sites is 3. The van der Waals surface area contributed by atoms with Gasteiger partial charge in [-0.1, -0.05) is 29.8 Å². The Labute approximate surface area is 192 Å². The molecule has 3 rings (SSSR count). The van der Waals surface area contributed by atoms with Crippen LogP contribution in [0, 0.1) is 0 Å². The fourth-order valence-corrected chi connectivity index (χ4v) is 4.48. The first-order valence-electron chi connectivity index (χ1n) is 9.74. The molecule has 1 N–H and O–H groups in total. The lowest BCUT2D eigenvalue weighted by Crippen LogP contribution is -2.27. The molecular weight excluding hydrogens is 452 g/mol. The number of rotatable bonds is 8. The van der Waals surface area contributed by atoms with Crippen molar-refractivity contribution in [1.29, 1.82) is 0 Å². The molecule has 0 fully saturated rings. The third kappa shape index (κ3) is 4.81. The zero-order chi connectivity index (χ0) is 23.3. The number of hydrogen-bond acceptors (Lipinski definition) is 5. The van der Waals surface area contributed by atoms with Crippen LogP contribution in [0.25, 0.3) is 0 Å². The van der Waals surface area contributed by atoms with Crippen LogP contribution in [0.5, 0.6) is 11.5 Å². The van der Waals surface area contributed by atoms with Crippen LogP contribution in [0.2, 0.25) is 5.02 Å². The van der Waals surface area contributed by atoms with Crippen molar-refractivity contribution < 1.29 is 22.7 Å². The summed E-state index contributed by atoms with van der Waals surface area (Å²) in [6.45, 7) is 2.20. The van der Waals surface area contributed by atoms with E-state index in [-0.39, 0.29) is 10.5 Å². The molecule has 7 nitrogen and oxygen atoms in total. The van der Waals surface area contributed by atoms with Crippen molar-refractivity contribution in [1.82, 2.24) is 0 Å². The smallest absolute Gasteiger partial charge is 0.264 e. The maximum absolute atomic E-state index is 13.1. The van der Waals surface area contributed by atoms with Crippen LogP contribution in [-0.4, -0.2) is 35.1 Å². The molecule has 0 spiro atoms. The molecule has 0 aliphatic rings. The van der Waals surface area contributed by atoms with Gasteiger partial charge in [0.2, 0.25) is 0 Å². The molecule has 32 heavy (non-hydrogen) atoms. The molecule has 9 heteroatoms. The highest BCUT2D eigenvalue weighted by Gasteiger charge is 2.24. The minimum absolute atomic E-state index is 0.0419. The molecular formula is C23H23ClN2O5S. The summed E-state index contributed by atoms with van der Waals surface area (Å²) in [4.78, 5) is 12.7. The van der Waals surface area contributed by atoms with Gasteiger partial charge in [-0.15, -0.1) is 0 Å². The van der Waals surface area contributed by atoms with E-state index in [0.29, 0.717) is 34.5 Å². The van der Waals surface area contributed by atoms with E-state index in [1.165, 1.54) is 38.4 Å². The molecule has 168 valence electrons. The Balaban J connectivity index is 1.83. The molecule has 0 atom stereocenters. The Hall–Kier alpha value is -3.23. The maximum atomic E-state index is 13.1. The highest BCUT2D eigenvalue weighted by atomic mass is 35.5. The van der Waals surface area contributed by atoms with Gasteiger partial charge in [0, 0.05) is 12.6 Å². The molecule has 0 heterocycles. The molecule has 0 aliphatic heterocycles. The van der Waals surface area contributed by atoms with E-state index >= 15 is 0 Å². The molecule has 0 unspecified atom stereocenters. The number of sulfonamides is 1. The van der Waals surface area contributed by atoms with Gasteiger partial charge in [-0.3, -0.25) is 9.10 Å². The zero-order valence-corrected chi connectivity index (χ0v) is 19.4. The number of amides is 1. The molecule has 0 saturated carbocycles. The summed E-state index contributed by atoms with van der Waals surface area (Å²) in [7, 11) is -0.939. The number of anilines is 2. The average molecular weight is 475 g/mol. The van der Waals surface area contributed by atoms with Crippen LogP contribution in [0.15, 0.2) is 71.6 Å². The first-order chi connectivity index (χ1) is 15.3. The van der Waals surface area contributed by atoms with E-state index in [0.717, 1.165) is 4.31 Å². The Morgan fingerprint density at radius 3 is 2.38 bits per heavy atom. The second-order valence-corrected chi connectivity index (χ2v) is 9.05. The summed E-state index contributed by atoms with van der Waals surface area (Å²) in [5.41, 5.74) is 1.12. The molecule has 0 aliphatic carbocycles. The number of hydrogen-bond donors (Lipinski definition) is 1. The average Bonchev–Trinajstić information content (AvgIpc) is 2.80. The molecule has 0 bridgehead atoms. The van der Waals surface area contributed by atoms with Crippen LogP contribution < -0.4 is 19.1 Å². The van der Waals surface area contributed by atoms with E-state index in [4.69, 9.17) is 21.1 Å². The summed E-state index contributed by atoms with van der Waals surface area (Å²) in [5.74, 6) is 0.388. The van der Waals surface area contributed by atoms with Crippen molar-refractivity contribution in [3.8, 4) is 11.5 Å². The first kappa shape index (κ1) is 23.4. The Kier molecular flexibility index (Phi) is 7.27. The number of carbonyl (C=O) groups excluding carboxylic acids is 1. The minimum atomic E-state index is -3.86. The summed E-state index contributed by atoms with van der Waals surface area (Å²) in [5, 5.41) is 3.13. The van der Waals surface area contributed by atoms with Crippen LogP contribution in [0.1, 0.15) is 17.3 Å². The van der Waals surface area contributed by atoms with Gasteiger partial charge in [0.25, 0.3) is 15.9 Å². The van der Waals surface area contributed by atoms with Gasteiger partial charge in [-0.25, -0.2) is 8.42 Å². The monoisotopic (exact) mass is 474 g/mol. The largest absolute Gasteiger partial charge is 0.495 e. The van der Waals surface area contributed by atoms with Gasteiger partial charge >= 0.3 is 0 Å². The van der Waals surface area contributed by atoms with Crippen molar-refractivity contribution in [2.75, 3.05) is 30.4 Å². The van der Waals surface area contributed by atoms with Crippen molar-refractivity contribution in [3.63, 3.8) is 0 Å². The Morgan fingerprint density at radius 2 is 1.72 bits per heavy atom. The number of methoxy groups -OCH3 is 1. The lowest BCUT2D eigenvalue weighted by atomic mass is 10.2. The fourth-order valence-electron chi connectivity index (χ4n) is 3.05. The van der Waals surface area contributed by atoms with Gasteiger partial charge < -0.3 is 14.8 Å². The van der Waals surface area contributed by atoms with Gasteiger partial charge in [-0.05, 0) is 55.5 Å². The number of nitrogens with one attached hydrogen (secondary N) is 1. The van der Waals surface area contributed by atoms with Crippen LogP contribution in [0.4, 0.5) is 11.4 Å². The number of carbonyl (C=O) groups is 1. The molecule has 0 radical (unpaired) electrons. The predicted molar refractivity (Wildman–Crippen MR) is 126 cm³/mol. The van der Waals surface area contributed by atoms with Crippen molar-refractivity contribution >= 4 is 38.9 Å². The van der Waals surface area contributed by atoms with Crippen LogP contribution in [-0.2, 0) is 10.0 Å². The SMILES string of the molecule is CCOc1c(Cl)cccc1NC(=O)c1ccc(S(=O)(=O)N(C)c2ccccc2OC)cc1. The standard InChI is InChI=1S/C23H23ClN2O5S/c1-4-31-22-18(24)8-7-9-19(22)25-23(27)16-12-14-17(15-13-16)32(28,29)26(2)20-10-5-6-11-21(20)30-3/h5-15H,4H2,1-3H3,(H,25,27).